The van der Waals surface area contributed by atoms with Crippen LogP contribution in [0.25, 0.3) is 10.9 Å². The summed E-state index contributed by atoms with van der Waals surface area (Å²) >= 11 is 0. The van der Waals surface area contributed by atoms with E-state index < -0.39 is 17.9 Å². The molecule has 4 N–H and O–H groups in total. The van der Waals surface area contributed by atoms with Crippen LogP contribution in [0.3, 0.4) is 0 Å². The second kappa shape index (κ2) is 6.89. The van der Waals surface area contributed by atoms with Crippen LogP contribution >= 0.6 is 0 Å². The number of nitrogens with two attached hydrogens (primary N) is 1. The molecular weight excluding hydrogens is 316 g/mol. The van der Waals surface area contributed by atoms with Gasteiger partial charge in [0.1, 0.15) is 6.04 Å². The second-order valence-electron chi connectivity index (χ2n) is 5.68. The Morgan fingerprint density at radius 2 is 1.88 bits per heavy atom. The summed E-state index contributed by atoms with van der Waals surface area (Å²) in [7, 11) is 0. The number of aromatic amines is 1. The first-order chi connectivity index (χ1) is 12.1. The zero-order chi connectivity index (χ0) is 17.8. The number of H-pyrrole nitrogens is 1. The van der Waals surface area contributed by atoms with Gasteiger partial charge in [-0.1, -0.05) is 18.2 Å². The van der Waals surface area contributed by atoms with Gasteiger partial charge in [-0.05, 0) is 35.9 Å². The first kappa shape index (κ1) is 16.3. The average molecular weight is 332 g/mol. The molecule has 0 aliphatic rings. The van der Waals surface area contributed by atoms with Gasteiger partial charge in [0.05, 0.1) is 11.6 Å². The van der Waals surface area contributed by atoms with Crippen LogP contribution in [0.1, 0.15) is 21.5 Å². The van der Waals surface area contributed by atoms with Crippen molar-refractivity contribution < 1.29 is 9.59 Å². The van der Waals surface area contributed by atoms with Crippen molar-refractivity contribution in [1.29, 1.82) is 5.26 Å². The zero-order valence-electron chi connectivity index (χ0n) is 13.3. The predicted molar refractivity (Wildman–Crippen MR) is 93.6 cm³/mol. The van der Waals surface area contributed by atoms with Gasteiger partial charge in [-0.3, -0.25) is 9.59 Å². The van der Waals surface area contributed by atoms with E-state index in [1.54, 1.807) is 12.1 Å². The van der Waals surface area contributed by atoms with E-state index in [1.165, 1.54) is 12.1 Å². The number of aromatic nitrogens is 1. The Balaban J connectivity index is 1.78. The molecule has 0 aliphatic heterocycles. The van der Waals surface area contributed by atoms with Crippen molar-refractivity contribution in [2.45, 2.75) is 12.5 Å². The summed E-state index contributed by atoms with van der Waals surface area (Å²) in [5.41, 5.74) is 8.15. The van der Waals surface area contributed by atoms with Gasteiger partial charge in [0.2, 0.25) is 5.91 Å². The van der Waals surface area contributed by atoms with E-state index in [1.807, 2.05) is 36.5 Å². The number of rotatable bonds is 5. The number of nitrogens with one attached hydrogen (secondary N) is 2. The Hall–Kier alpha value is -3.59. The summed E-state index contributed by atoms with van der Waals surface area (Å²) < 4.78 is 0. The van der Waals surface area contributed by atoms with Gasteiger partial charge in [-0.2, -0.15) is 5.26 Å². The molecule has 1 atom stereocenters. The van der Waals surface area contributed by atoms with Crippen molar-refractivity contribution in [3.05, 3.63) is 71.4 Å². The minimum absolute atomic E-state index is 0.293. The molecule has 0 bridgehead atoms. The molecule has 0 radical (unpaired) electrons. The summed E-state index contributed by atoms with van der Waals surface area (Å²) in [6.07, 6.45) is 2.11. The van der Waals surface area contributed by atoms with Gasteiger partial charge in [-0.25, -0.2) is 0 Å². The fraction of sp³-hybridized carbons (Fsp3) is 0.105. The maximum absolute atomic E-state index is 12.3. The smallest absolute Gasteiger partial charge is 0.251 e. The highest BCUT2D eigenvalue weighted by atomic mass is 16.2. The van der Waals surface area contributed by atoms with Gasteiger partial charge < -0.3 is 16.0 Å². The van der Waals surface area contributed by atoms with E-state index >= 15 is 0 Å². The van der Waals surface area contributed by atoms with Crippen LogP contribution in [-0.4, -0.2) is 22.8 Å². The molecule has 1 heterocycles. The molecule has 2 amide bonds. The number of carbonyl (C=O) groups excluding carboxylic acids is 2. The van der Waals surface area contributed by atoms with E-state index in [-0.39, 0.29) is 0 Å². The number of fused-ring (bicyclic) bond motifs is 1. The van der Waals surface area contributed by atoms with E-state index in [2.05, 4.69) is 10.3 Å². The Morgan fingerprint density at radius 3 is 2.56 bits per heavy atom. The predicted octanol–water partition coefficient (Wildman–Crippen LogP) is 1.87. The van der Waals surface area contributed by atoms with Crippen LogP contribution in [0.2, 0.25) is 0 Å². The van der Waals surface area contributed by atoms with Gasteiger partial charge in [0, 0.05) is 29.1 Å². The van der Waals surface area contributed by atoms with Crippen molar-refractivity contribution in [3.63, 3.8) is 0 Å². The number of nitrogens with zero attached hydrogens (tertiary/aromatic N) is 1. The largest absolute Gasteiger partial charge is 0.368 e. The minimum Gasteiger partial charge on any atom is -0.368 e. The summed E-state index contributed by atoms with van der Waals surface area (Å²) in [5, 5.41) is 12.5. The molecule has 3 aromatic rings. The highest BCUT2D eigenvalue weighted by Crippen LogP contribution is 2.19. The van der Waals surface area contributed by atoms with Crippen LogP contribution in [0.4, 0.5) is 0 Å². The zero-order valence-corrected chi connectivity index (χ0v) is 13.3. The SMILES string of the molecule is N#Cc1ccc(C(=O)N[C@@H](Cc2c[nH]c3ccccc23)C(N)=O)cc1. The van der Waals surface area contributed by atoms with Crippen LogP contribution in [0.15, 0.2) is 54.7 Å². The Bertz CT molecular complexity index is 967. The van der Waals surface area contributed by atoms with Crippen molar-refractivity contribution in [3.8, 4) is 6.07 Å². The molecule has 0 fully saturated rings. The van der Waals surface area contributed by atoms with Crippen LogP contribution in [0, 0.1) is 11.3 Å². The summed E-state index contributed by atoms with van der Waals surface area (Å²) in [5.74, 6) is -1.01. The molecule has 6 heteroatoms. The number of hydrogen-bond acceptors (Lipinski definition) is 3. The highest BCUT2D eigenvalue weighted by molar-refractivity contribution is 5.97. The number of amides is 2. The Labute approximate surface area is 144 Å². The molecular formula is C19H16N4O2. The van der Waals surface area contributed by atoms with E-state index in [0.717, 1.165) is 16.5 Å². The summed E-state index contributed by atoms with van der Waals surface area (Å²) in [6.45, 7) is 0. The molecule has 25 heavy (non-hydrogen) atoms. The van der Waals surface area contributed by atoms with Gasteiger partial charge in [-0.15, -0.1) is 0 Å². The molecule has 0 aliphatic carbocycles. The second-order valence-corrected chi connectivity index (χ2v) is 5.68. The molecule has 0 spiro atoms. The standard InChI is InChI=1S/C19H16N4O2/c20-10-12-5-7-13(8-6-12)19(25)23-17(18(21)24)9-14-11-22-16-4-2-1-3-15(14)16/h1-8,11,17,22H,9H2,(H2,21,24)(H,23,25)/t17-/m0/s1. The molecule has 0 saturated heterocycles. The Morgan fingerprint density at radius 1 is 1.16 bits per heavy atom. The maximum Gasteiger partial charge on any atom is 0.251 e. The third-order valence-electron chi connectivity index (χ3n) is 4.02. The molecule has 124 valence electrons. The lowest BCUT2D eigenvalue weighted by Gasteiger charge is -2.15. The number of para-hydroxylation sites is 1. The fourth-order valence-corrected chi connectivity index (χ4v) is 2.68. The number of benzene rings is 2. The first-order valence-corrected chi connectivity index (χ1v) is 7.74. The number of nitriles is 1. The molecule has 3 rings (SSSR count). The molecule has 0 saturated carbocycles. The van der Waals surface area contributed by atoms with E-state index in [0.29, 0.717) is 17.5 Å². The van der Waals surface area contributed by atoms with Gasteiger partial charge >= 0.3 is 0 Å². The van der Waals surface area contributed by atoms with Crippen LogP contribution in [-0.2, 0) is 11.2 Å². The van der Waals surface area contributed by atoms with E-state index in [9.17, 15) is 9.59 Å². The fourth-order valence-electron chi connectivity index (χ4n) is 2.68. The van der Waals surface area contributed by atoms with Crippen molar-refractivity contribution in [2.75, 3.05) is 0 Å². The topological polar surface area (TPSA) is 112 Å². The number of carbonyl (C=O) groups is 2. The minimum atomic E-state index is -0.831. The third-order valence-corrected chi connectivity index (χ3v) is 4.02. The molecule has 2 aromatic carbocycles. The quantitative estimate of drug-likeness (QED) is 0.663. The molecule has 1 aromatic heterocycles. The monoisotopic (exact) mass is 332 g/mol. The maximum atomic E-state index is 12.3. The first-order valence-electron chi connectivity index (χ1n) is 7.74. The number of primary amides is 1. The summed E-state index contributed by atoms with van der Waals surface area (Å²) in [6, 6.07) is 15.0. The van der Waals surface area contributed by atoms with Crippen molar-refractivity contribution in [1.82, 2.24) is 10.3 Å². The molecule has 0 unspecified atom stereocenters. The molecule has 6 nitrogen and oxygen atoms in total. The van der Waals surface area contributed by atoms with Crippen LogP contribution in [0.5, 0.6) is 0 Å². The number of hydrogen-bond donors (Lipinski definition) is 3. The van der Waals surface area contributed by atoms with Gasteiger partial charge in [0.15, 0.2) is 0 Å². The lowest BCUT2D eigenvalue weighted by atomic mass is 10.0. The lowest BCUT2D eigenvalue weighted by Crippen LogP contribution is -2.45. The summed E-state index contributed by atoms with van der Waals surface area (Å²) in [4.78, 5) is 27.3. The average Bonchev–Trinajstić information content (AvgIpc) is 3.04. The van der Waals surface area contributed by atoms with Crippen molar-refractivity contribution in [2.24, 2.45) is 5.73 Å². The third kappa shape index (κ3) is 3.51. The highest BCUT2D eigenvalue weighted by Gasteiger charge is 2.21. The lowest BCUT2D eigenvalue weighted by molar-refractivity contribution is -0.119. The van der Waals surface area contributed by atoms with Gasteiger partial charge in [0.25, 0.3) is 5.91 Å². The normalized spacial score (nSPS) is 11.6. The van der Waals surface area contributed by atoms with Crippen LogP contribution < -0.4 is 11.1 Å². The van der Waals surface area contributed by atoms with E-state index in [4.69, 9.17) is 11.0 Å². The Kier molecular flexibility index (Phi) is 4.48. The van der Waals surface area contributed by atoms with Crippen molar-refractivity contribution >= 4 is 22.7 Å².